The lowest BCUT2D eigenvalue weighted by atomic mass is 9.65. The normalized spacial score (nSPS) is 19.5. The van der Waals surface area contributed by atoms with Crippen molar-refractivity contribution in [3.05, 3.63) is 151 Å². The highest BCUT2D eigenvalue weighted by Gasteiger charge is 2.45. The Labute approximate surface area is 275 Å². The molecule has 0 spiro atoms. The van der Waals surface area contributed by atoms with Gasteiger partial charge < -0.3 is 4.90 Å². The first-order valence-corrected chi connectivity index (χ1v) is 16.5. The van der Waals surface area contributed by atoms with Crippen molar-refractivity contribution in [1.29, 1.82) is 0 Å². The van der Waals surface area contributed by atoms with Crippen LogP contribution in [-0.2, 0) is 5.41 Å². The molecule has 6 aromatic rings. The number of aromatic nitrogens is 4. The zero-order chi connectivity index (χ0) is 31.5. The smallest absolute Gasteiger partial charge is 0.238 e. The number of rotatable bonds is 4. The van der Waals surface area contributed by atoms with Crippen LogP contribution in [0.15, 0.2) is 140 Å². The first-order chi connectivity index (χ1) is 23.1. The third-order valence-electron chi connectivity index (χ3n) is 10.1. The molecule has 5 nitrogen and oxygen atoms in total. The monoisotopic (exact) mass is 609 g/mol. The predicted octanol–water partition coefficient (Wildman–Crippen LogP) is 9.91. The summed E-state index contributed by atoms with van der Waals surface area (Å²) < 4.78 is 2.25. The van der Waals surface area contributed by atoms with E-state index in [0.29, 0.717) is 23.5 Å². The Hall–Kier alpha value is -5.55. The number of nitrogens with zero attached hydrogens (tertiary/aromatic N) is 5. The van der Waals surface area contributed by atoms with Crippen LogP contribution in [0.4, 0.5) is 11.4 Å². The number of fused-ring (bicyclic) bond motifs is 5. The van der Waals surface area contributed by atoms with Gasteiger partial charge in [-0.05, 0) is 48.7 Å². The van der Waals surface area contributed by atoms with Crippen LogP contribution in [0.25, 0.3) is 44.7 Å². The van der Waals surface area contributed by atoms with E-state index in [4.69, 9.17) is 15.0 Å². The van der Waals surface area contributed by atoms with E-state index < -0.39 is 0 Å². The fraction of sp³-hybridized carbons (Fsp3) is 0.167. The summed E-state index contributed by atoms with van der Waals surface area (Å²) in [6, 6.07) is 34.7. The lowest BCUT2D eigenvalue weighted by molar-refractivity contribution is 0.332. The van der Waals surface area contributed by atoms with Crippen LogP contribution in [-0.4, -0.2) is 25.6 Å². The molecule has 0 bridgehead atoms. The molecule has 47 heavy (non-hydrogen) atoms. The highest BCUT2D eigenvalue weighted by Crippen LogP contribution is 2.52. The minimum Gasteiger partial charge on any atom is -0.334 e. The lowest BCUT2D eigenvalue weighted by Crippen LogP contribution is -2.49. The molecule has 0 fully saturated rings. The molecular formula is C42H35N5. The highest BCUT2D eigenvalue weighted by atomic mass is 15.2. The van der Waals surface area contributed by atoms with E-state index in [9.17, 15) is 0 Å². The van der Waals surface area contributed by atoms with Gasteiger partial charge in [-0.2, -0.15) is 9.97 Å². The van der Waals surface area contributed by atoms with Crippen LogP contribution in [0, 0.1) is 5.92 Å². The summed E-state index contributed by atoms with van der Waals surface area (Å²) >= 11 is 0. The average molecular weight is 610 g/mol. The zero-order valence-electron chi connectivity index (χ0n) is 26.6. The van der Waals surface area contributed by atoms with Gasteiger partial charge in [-0.3, -0.25) is 4.57 Å². The molecule has 0 saturated heterocycles. The zero-order valence-corrected chi connectivity index (χ0v) is 26.6. The minimum atomic E-state index is -0.126. The second kappa shape index (κ2) is 10.8. The fourth-order valence-corrected chi connectivity index (χ4v) is 7.77. The van der Waals surface area contributed by atoms with Crippen LogP contribution in [0.1, 0.15) is 38.1 Å². The minimum absolute atomic E-state index is 0.126. The Balaban J connectivity index is 1.35. The van der Waals surface area contributed by atoms with E-state index in [1.165, 1.54) is 27.7 Å². The summed E-state index contributed by atoms with van der Waals surface area (Å²) in [5.41, 5.74) is 7.83. The van der Waals surface area contributed by atoms with Crippen molar-refractivity contribution in [2.45, 2.75) is 38.1 Å². The van der Waals surface area contributed by atoms with E-state index in [2.05, 4.69) is 145 Å². The molecule has 4 aromatic carbocycles. The van der Waals surface area contributed by atoms with Gasteiger partial charge in [-0.25, -0.2) is 4.98 Å². The van der Waals surface area contributed by atoms with Crippen LogP contribution in [0.2, 0.25) is 0 Å². The molecule has 5 heteroatoms. The Morgan fingerprint density at radius 1 is 0.702 bits per heavy atom. The van der Waals surface area contributed by atoms with Crippen molar-refractivity contribution in [2.75, 3.05) is 4.90 Å². The predicted molar refractivity (Wildman–Crippen MR) is 193 cm³/mol. The molecule has 3 heterocycles. The Morgan fingerprint density at radius 3 is 2.26 bits per heavy atom. The maximum absolute atomic E-state index is 5.19. The van der Waals surface area contributed by atoms with Gasteiger partial charge in [-0.1, -0.05) is 123 Å². The number of anilines is 2. The molecule has 228 valence electrons. The summed E-state index contributed by atoms with van der Waals surface area (Å²) in [5, 5.41) is 2.36. The van der Waals surface area contributed by atoms with E-state index in [0.717, 1.165) is 35.0 Å². The van der Waals surface area contributed by atoms with Gasteiger partial charge in [0.2, 0.25) is 5.95 Å². The van der Waals surface area contributed by atoms with Gasteiger partial charge in [0.25, 0.3) is 0 Å². The number of hydrogen-bond acceptors (Lipinski definition) is 4. The summed E-state index contributed by atoms with van der Waals surface area (Å²) in [6.45, 7) is 4.79. The van der Waals surface area contributed by atoms with E-state index in [1.54, 1.807) is 0 Å². The second-order valence-electron chi connectivity index (χ2n) is 13.2. The first-order valence-electron chi connectivity index (χ1n) is 16.5. The maximum Gasteiger partial charge on any atom is 0.238 e. The number of allylic oxidation sites excluding steroid dienone is 6. The fourth-order valence-electron chi connectivity index (χ4n) is 7.77. The molecule has 2 aromatic heterocycles. The highest BCUT2D eigenvalue weighted by molar-refractivity contribution is 6.11. The van der Waals surface area contributed by atoms with E-state index >= 15 is 0 Å². The Kier molecular flexibility index (Phi) is 6.36. The van der Waals surface area contributed by atoms with Gasteiger partial charge in [-0.15, -0.1) is 0 Å². The van der Waals surface area contributed by atoms with Gasteiger partial charge in [0, 0.05) is 44.6 Å². The maximum atomic E-state index is 5.19. The standard InChI is InChI=1S/C42H35N5/c1-42(2)33-23-13-15-25-36(33)46(30-20-10-5-11-21-30)38-26-32-31-22-12-14-24-35(31)47(37(32)27-34(38)42)41-44-39(28-16-6-3-7-17-28)43-40(45-41)29-18-8-4-9-19-29/h3,5-8,10-27,33,36H,4,9H2,1-2H3. The Morgan fingerprint density at radius 2 is 1.45 bits per heavy atom. The number of hydrogen-bond donors (Lipinski definition) is 0. The third-order valence-corrected chi connectivity index (χ3v) is 10.1. The average Bonchev–Trinajstić information content (AvgIpc) is 3.46. The number of benzene rings is 4. The van der Waals surface area contributed by atoms with Crippen molar-refractivity contribution >= 4 is 38.8 Å². The van der Waals surface area contributed by atoms with Gasteiger partial charge in [0.15, 0.2) is 11.6 Å². The molecule has 3 aliphatic rings. The molecule has 9 rings (SSSR count). The summed E-state index contributed by atoms with van der Waals surface area (Å²) in [4.78, 5) is 17.9. The molecule has 0 amide bonds. The van der Waals surface area contributed by atoms with Crippen molar-refractivity contribution in [1.82, 2.24) is 19.5 Å². The second-order valence-corrected chi connectivity index (χ2v) is 13.2. The molecule has 2 aliphatic carbocycles. The quantitative estimate of drug-likeness (QED) is 0.200. The van der Waals surface area contributed by atoms with Gasteiger partial charge in [0.05, 0.1) is 17.1 Å². The third kappa shape index (κ3) is 4.41. The SMILES string of the molecule is CC1(C)c2cc3c(cc2N(c2ccccc2)C2C=CC=CC21)c1ccccc1n3-c1nc(C2=CCCC=C2)nc(-c2ccccc2)n1. The summed E-state index contributed by atoms with van der Waals surface area (Å²) in [5.74, 6) is 2.30. The van der Waals surface area contributed by atoms with Crippen molar-refractivity contribution in [3.8, 4) is 17.3 Å². The number of para-hydroxylation sites is 2. The van der Waals surface area contributed by atoms with Crippen LogP contribution in [0.5, 0.6) is 0 Å². The molecule has 2 unspecified atom stereocenters. The van der Waals surface area contributed by atoms with Crippen LogP contribution in [0.3, 0.4) is 0 Å². The van der Waals surface area contributed by atoms with E-state index in [-0.39, 0.29) is 11.5 Å². The van der Waals surface area contributed by atoms with Crippen LogP contribution >= 0.6 is 0 Å². The lowest BCUT2D eigenvalue weighted by Gasteiger charge is -2.50. The molecule has 0 radical (unpaired) electrons. The molecule has 2 atom stereocenters. The summed E-state index contributed by atoms with van der Waals surface area (Å²) in [7, 11) is 0. The van der Waals surface area contributed by atoms with Crippen molar-refractivity contribution in [2.24, 2.45) is 5.92 Å². The van der Waals surface area contributed by atoms with Gasteiger partial charge in [0.1, 0.15) is 0 Å². The van der Waals surface area contributed by atoms with Gasteiger partial charge >= 0.3 is 0 Å². The summed E-state index contributed by atoms with van der Waals surface area (Å²) in [6.07, 6.45) is 17.8. The first kappa shape index (κ1) is 27.7. The van der Waals surface area contributed by atoms with E-state index in [1.807, 2.05) is 18.2 Å². The topological polar surface area (TPSA) is 46.8 Å². The Bertz CT molecular complexity index is 2290. The molecular weight excluding hydrogens is 574 g/mol. The van der Waals surface area contributed by atoms with Crippen molar-refractivity contribution in [3.63, 3.8) is 0 Å². The largest absolute Gasteiger partial charge is 0.334 e. The van der Waals surface area contributed by atoms with Crippen LogP contribution < -0.4 is 4.90 Å². The molecule has 1 aliphatic heterocycles. The van der Waals surface area contributed by atoms with Crippen molar-refractivity contribution < 1.29 is 0 Å². The molecule has 0 saturated carbocycles. The molecule has 0 N–H and O–H groups in total.